The van der Waals surface area contributed by atoms with Crippen molar-refractivity contribution in [1.82, 2.24) is 6.15 Å². The van der Waals surface area contributed by atoms with Crippen LogP contribution in [0.25, 0.3) is 0 Å². The van der Waals surface area contributed by atoms with Crippen LogP contribution < -0.4 is 6.15 Å². The summed E-state index contributed by atoms with van der Waals surface area (Å²) in [6.07, 6.45) is 3.19. The van der Waals surface area contributed by atoms with Crippen molar-refractivity contribution in [2.24, 2.45) is 28.6 Å². The van der Waals surface area contributed by atoms with Crippen LogP contribution in [0.3, 0.4) is 0 Å². The van der Waals surface area contributed by atoms with Gasteiger partial charge in [-0.15, -0.1) is 0 Å². The quantitative estimate of drug-likeness (QED) is 0.430. The number of rotatable bonds is 4. The number of hydrogen-bond acceptors (Lipinski definition) is 8. The minimum absolute atomic E-state index is 0. The van der Waals surface area contributed by atoms with Crippen molar-refractivity contribution in [3.05, 3.63) is 23.8 Å². The number of carbonyl (C=O) groups excluding carboxylic acids is 2. The number of aliphatic hydroxyl groups is 2. The average molecular weight is 490 g/mol. The van der Waals surface area contributed by atoms with E-state index in [2.05, 4.69) is 0 Å². The van der Waals surface area contributed by atoms with Gasteiger partial charge in [-0.2, -0.15) is 8.42 Å². The zero-order chi connectivity index (χ0) is 23.9. The van der Waals surface area contributed by atoms with Crippen molar-refractivity contribution < 1.29 is 41.3 Å². The summed E-state index contributed by atoms with van der Waals surface area (Å²) in [5.41, 5.74) is -6.30. The van der Waals surface area contributed by atoms with Gasteiger partial charge in [0.1, 0.15) is 6.61 Å². The molecule has 0 aliphatic heterocycles. The lowest BCUT2D eigenvalue weighted by Crippen LogP contribution is -2.70. The van der Waals surface area contributed by atoms with Gasteiger partial charge in [0.15, 0.2) is 22.8 Å². The first-order valence-corrected chi connectivity index (χ1v) is 12.2. The second kappa shape index (κ2) is 7.76. The molecular formula is C22H32FNO8S. The molecule has 186 valence electrons. The normalized spacial score (nSPS) is 46.5. The molecule has 33 heavy (non-hydrogen) atoms. The van der Waals surface area contributed by atoms with Gasteiger partial charge in [0.05, 0.1) is 6.10 Å². The summed E-state index contributed by atoms with van der Waals surface area (Å²) < 4.78 is 55.2. The highest BCUT2D eigenvalue weighted by Gasteiger charge is 2.77. The fourth-order valence-corrected chi connectivity index (χ4v) is 8.41. The molecule has 0 aromatic rings. The zero-order valence-corrected chi connectivity index (χ0v) is 19.8. The van der Waals surface area contributed by atoms with Gasteiger partial charge in [0.2, 0.25) is 0 Å². The van der Waals surface area contributed by atoms with Crippen LogP contribution in [0.5, 0.6) is 0 Å². The van der Waals surface area contributed by atoms with E-state index in [1.807, 2.05) is 0 Å². The molecule has 0 aromatic heterocycles. The Kier molecular flexibility index (Phi) is 6.14. The smallest absolute Gasteiger partial charge is 0.390 e. The van der Waals surface area contributed by atoms with E-state index in [-0.39, 0.29) is 24.8 Å². The van der Waals surface area contributed by atoms with Gasteiger partial charge in [0.25, 0.3) is 0 Å². The van der Waals surface area contributed by atoms with Crippen LogP contribution in [0.1, 0.15) is 46.5 Å². The molecule has 6 N–H and O–H groups in total. The maximum absolute atomic E-state index is 17.1. The first kappa shape index (κ1) is 26.1. The summed E-state index contributed by atoms with van der Waals surface area (Å²) in [5, 5.41) is 20.9. The SMILES string of the molecule is C[C@@H]1C[C@H]2[C@@H]3CCC4=CC(=O)C=C[C@]4(C)[C@@]3(F)[C@@H](O)C[C@]2(C)[C@@]1(OS(=O)(=O)O)C(=O)CO.N. The molecular weight excluding hydrogens is 457 g/mol. The number of alkyl halides is 1. The van der Waals surface area contributed by atoms with Crippen LogP contribution in [0, 0.1) is 28.6 Å². The maximum atomic E-state index is 17.1. The van der Waals surface area contributed by atoms with Crippen LogP contribution in [-0.4, -0.2) is 58.7 Å². The van der Waals surface area contributed by atoms with E-state index in [9.17, 15) is 32.8 Å². The standard InChI is InChI=1S/C22H29FO8S.H3N/c1-12-8-16-15-5-4-13-9-14(25)6-7-19(13,2)21(15,23)17(26)10-20(16,3)22(12,18(27)11-24)31-32(28,29)30;/h6-7,9,12,15-17,24,26H,4-5,8,10-11H2,1-3H3,(H,28,29,30);1H3/t12-,15+,16+,17+,19+,20+,21+,22+;/m1./s1. The van der Waals surface area contributed by atoms with E-state index >= 15 is 4.39 Å². The minimum Gasteiger partial charge on any atom is -0.390 e. The molecule has 0 bridgehead atoms. The molecule has 0 amide bonds. The Morgan fingerprint density at radius 3 is 2.52 bits per heavy atom. The predicted molar refractivity (Wildman–Crippen MR) is 115 cm³/mol. The Morgan fingerprint density at radius 2 is 1.94 bits per heavy atom. The Labute approximate surface area is 192 Å². The summed E-state index contributed by atoms with van der Waals surface area (Å²) >= 11 is 0. The lowest BCUT2D eigenvalue weighted by atomic mass is 9.44. The second-order valence-electron chi connectivity index (χ2n) is 10.2. The third kappa shape index (κ3) is 3.16. The monoisotopic (exact) mass is 489 g/mol. The number of ketones is 2. The van der Waals surface area contributed by atoms with Gasteiger partial charge in [0, 0.05) is 16.7 Å². The van der Waals surface area contributed by atoms with Crippen molar-refractivity contribution >= 4 is 22.0 Å². The first-order valence-electron chi connectivity index (χ1n) is 10.8. The van der Waals surface area contributed by atoms with Crippen LogP contribution in [0.2, 0.25) is 0 Å². The number of Topliss-reactive ketones (excluding diaryl/α,β-unsaturated/α-hetero) is 1. The van der Waals surface area contributed by atoms with Gasteiger partial charge in [-0.25, -0.2) is 8.57 Å². The van der Waals surface area contributed by atoms with Crippen LogP contribution in [0.4, 0.5) is 4.39 Å². The van der Waals surface area contributed by atoms with Gasteiger partial charge in [-0.1, -0.05) is 25.5 Å². The molecule has 0 spiro atoms. The van der Waals surface area contributed by atoms with Crippen LogP contribution >= 0.6 is 0 Å². The zero-order valence-electron chi connectivity index (χ0n) is 19.0. The third-order valence-electron chi connectivity index (χ3n) is 8.98. The highest BCUT2D eigenvalue weighted by atomic mass is 32.3. The predicted octanol–water partition coefficient (Wildman–Crippen LogP) is 1.88. The highest BCUT2D eigenvalue weighted by Crippen LogP contribution is 2.71. The third-order valence-corrected chi connectivity index (χ3v) is 9.45. The molecule has 9 nitrogen and oxygen atoms in total. The molecule has 4 aliphatic carbocycles. The number of carbonyl (C=O) groups is 2. The van der Waals surface area contributed by atoms with Crippen LogP contribution in [-0.2, 0) is 24.2 Å². The topological polar surface area (TPSA) is 173 Å². The molecule has 8 atom stereocenters. The molecule has 3 fully saturated rings. The summed E-state index contributed by atoms with van der Waals surface area (Å²) in [6.45, 7) is 3.76. The van der Waals surface area contributed by atoms with E-state index in [0.29, 0.717) is 18.4 Å². The average Bonchev–Trinajstić information content (AvgIpc) is 2.90. The molecule has 3 saturated carbocycles. The van der Waals surface area contributed by atoms with Crippen molar-refractivity contribution in [1.29, 1.82) is 0 Å². The largest absolute Gasteiger partial charge is 0.398 e. The molecule has 4 aliphatic rings. The number of aliphatic hydroxyl groups excluding tert-OH is 2. The lowest BCUT2D eigenvalue weighted by Gasteiger charge is -2.62. The maximum Gasteiger partial charge on any atom is 0.398 e. The number of hydrogen-bond donors (Lipinski definition) is 4. The fourth-order valence-electron chi connectivity index (χ4n) is 7.63. The van der Waals surface area contributed by atoms with E-state index in [4.69, 9.17) is 4.18 Å². The van der Waals surface area contributed by atoms with Gasteiger partial charge in [-0.3, -0.25) is 14.1 Å². The number of fused-ring (bicyclic) bond motifs is 5. The molecule has 0 radical (unpaired) electrons. The van der Waals surface area contributed by atoms with Gasteiger partial charge in [-0.05, 0) is 56.6 Å². The van der Waals surface area contributed by atoms with Crippen molar-refractivity contribution in [3.8, 4) is 0 Å². The molecule has 4 rings (SSSR count). The summed E-state index contributed by atoms with van der Waals surface area (Å²) in [7, 11) is -5.11. The van der Waals surface area contributed by atoms with E-state index in [1.165, 1.54) is 18.2 Å². The second-order valence-corrected chi connectivity index (χ2v) is 11.3. The van der Waals surface area contributed by atoms with Crippen molar-refractivity contribution in [3.63, 3.8) is 0 Å². The summed E-state index contributed by atoms with van der Waals surface area (Å²) in [4.78, 5) is 24.9. The summed E-state index contributed by atoms with van der Waals surface area (Å²) in [5.74, 6) is -3.29. The van der Waals surface area contributed by atoms with E-state index in [1.54, 1.807) is 20.8 Å². The van der Waals surface area contributed by atoms with E-state index in [0.717, 1.165) is 0 Å². The Hall–Kier alpha value is -1.50. The van der Waals surface area contributed by atoms with Crippen LogP contribution in [0.15, 0.2) is 23.8 Å². The Balaban J connectivity index is 0.00000306. The van der Waals surface area contributed by atoms with Gasteiger partial charge < -0.3 is 16.4 Å². The molecule has 0 heterocycles. The number of allylic oxidation sites excluding steroid dienone is 4. The van der Waals surface area contributed by atoms with Crippen molar-refractivity contribution in [2.45, 2.75) is 63.8 Å². The lowest BCUT2D eigenvalue weighted by molar-refractivity contribution is -0.215. The summed E-state index contributed by atoms with van der Waals surface area (Å²) in [6, 6.07) is 0. The first-order chi connectivity index (χ1) is 14.7. The molecule has 0 unspecified atom stereocenters. The Morgan fingerprint density at radius 1 is 1.30 bits per heavy atom. The number of halogens is 1. The van der Waals surface area contributed by atoms with Gasteiger partial charge >= 0.3 is 10.4 Å². The fraction of sp³-hybridized carbons (Fsp3) is 0.727. The van der Waals surface area contributed by atoms with Crippen molar-refractivity contribution in [2.75, 3.05) is 6.61 Å². The molecule has 0 saturated heterocycles. The van der Waals surface area contributed by atoms with E-state index < -0.39 is 68.7 Å². The molecule has 11 heteroatoms. The minimum atomic E-state index is -5.11. The Bertz CT molecular complexity index is 1040. The highest BCUT2D eigenvalue weighted by molar-refractivity contribution is 7.81. The molecule has 0 aromatic carbocycles.